The van der Waals surface area contributed by atoms with Crippen LogP contribution in [0.5, 0.6) is 0 Å². The van der Waals surface area contributed by atoms with E-state index in [1.54, 1.807) is 0 Å². The van der Waals surface area contributed by atoms with Gasteiger partial charge in [0.15, 0.2) is 0 Å². The molecule has 14 heteroatoms. The van der Waals surface area contributed by atoms with Gasteiger partial charge in [-0.1, -0.05) is 76.4 Å². The van der Waals surface area contributed by atoms with Crippen molar-refractivity contribution in [2.24, 2.45) is 0 Å². The van der Waals surface area contributed by atoms with Crippen LogP contribution in [0.4, 0.5) is 0 Å². The van der Waals surface area contributed by atoms with Gasteiger partial charge in [-0.25, -0.2) is 9.97 Å². The first-order valence-electron chi connectivity index (χ1n) is 19.6. The van der Waals surface area contributed by atoms with Crippen molar-refractivity contribution in [2.45, 2.75) is 0 Å². The van der Waals surface area contributed by atoms with Gasteiger partial charge in [0.25, 0.3) is 0 Å². The number of aromatic nitrogens is 4. The largest absolute Gasteiger partial charge is 0.253 e. The van der Waals surface area contributed by atoms with E-state index in [-0.39, 0.29) is 0 Å². The van der Waals surface area contributed by atoms with E-state index in [1.165, 1.54) is 65.8 Å². The second kappa shape index (κ2) is 13.5. The third-order valence-electron chi connectivity index (χ3n) is 13.1. The molecule has 0 bridgehead atoms. The molecule has 0 saturated carbocycles. The second-order valence-electron chi connectivity index (χ2n) is 15.8. The summed E-state index contributed by atoms with van der Waals surface area (Å²) in [6.45, 7) is 0. The van der Waals surface area contributed by atoms with Crippen molar-refractivity contribution >= 4 is 177 Å². The fourth-order valence-electron chi connectivity index (χ4n) is 8.80. The van der Waals surface area contributed by atoms with Crippen LogP contribution in [0.3, 0.4) is 0 Å². The molecule has 4 heterocycles. The Morgan fingerprint density at radius 1 is 0.304 bits per heavy atom. The van der Waals surface area contributed by atoms with Gasteiger partial charge < -0.3 is 0 Å². The number of hydrogen-bond acceptors (Lipinski definition) is 4. The molecule has 0 N–H and O–H groups in total. The van der Waals surface area contributed by atoms with Crippen LogP contribution in [0.15, 0.2) is 97.3 Å². The number of hydrogen-bond donors (Lipinski definition) is 0. The third kappa shape index (κ3) is 5.67. The molecule has 0 fully saturated rings. The number of benzene rings is 5. The van der Waals surface area contributed by atoms with Gasteiger partial charge in [0, 0.05) is 45.1 Å². The lowest BCUT2D eigenvalue weighted by molar-refractivity contribution is 1.37. The van der Waals surface area contributed by atoms with Crippen LogP contribution in [-0.2, 0) is 0 Å². The summed E-state index contributed by atoms with van der Waals surface area (Å²) in [6.07, 6.45) is 3.97. The van der Waals surface area contributed by atoms with Gasteiger partial charge in [0.05, 0.1) is 33.5 Å². The average Bonchev–Trinajstić information content (AvgIpc) is 3.23. The van der Waals surface area contributed by atoms with Gasteiger partial charge >= 0.3 is 0 Å². The zero-order valence-corrected chi connectivity index (χ0v) is 34.0. The zero-order chi connectivity index (χ0) is 39.2. The molecule has 0 spiro atoms. The van der Waals surface area contributed by atoms with E-state index in [9.17, 15) is 0 Å². The molecule has 0 unspecified atom stereocenters. The van der Waals surface area contributed by atoms with Crippen molar-refractivity contribution in [1.82, 2.24) is 19.9 Å². The van der Waals surface area contributed by atoms with Gasteiger partial charge in [0.2, 0.25) is 0 Å². The Kier molecular flexibility index (Phi) is 8.72. The minimum absolute atomic E-state index is 0.917. The van der Waals surface area contributed by atoms with Crippen molar-refractivity contribution < 1.29 is 0 Å². The number of nitrogens with zero attached hydrogens (tertiary/aromatic N) is 4. The molecule has 0 aliphatic rings. The summed E-state index contributed by atoms with van der Waals surface area (Å²) >= 11 is 0. The standard InChI is InChI=1S/C42H36B10N4/c43-29-27(30(44)34(48)37(51)33(29)47)25-10-8-17-4-6-21-13-23(15-53-39(21)41(17)55-25)19-2-1-3-20(12-19)24-14-22-7-5-18-9-11-26(56-42(18)40(22)54-16-24)28-31(45)35(49)38(52)36(50)32(28)46/h1-16H,43-52H2. The molecule has 56 heavy (non-hydrogen) atoms. The third-order valence-corrected chi connectivity index (χ3v) is 13.1. The number of pyridine rings is 4. The molecule has 0 aliphatic heterocycles. The first kappa shape index (κ1) is 36.1. The molecule has 5 aromatic carbocycles. The number of rotatable bonds is 4. The van der Waals surface area contributed by atoms with E-state index in [0.717, 1.165) is 77.3 Å². The van der Waals surface area contributed by atoms with E-state index >= 15 is 0 Å². The maximum atomic E-state index is 5.27. The van der Waals surface area contributed by atoms with Crippen LogP contribution in [0.25, 0.3) is 88.4 Å². The SMILES string of the molecule is Bc1c(B)c(B)c(-c2ccc3ccc4cc(-c5cccc(-c6cnc7c(ccc8ccc(-c9c(B)c(B)c(B)c(B)c9B)nc87)c6)c5)cnc4c3n2)c(B)c1B. The molecule has 0 amide bonds. The van der Waals surface area contributed by atoms with Crippen molar-refractivity contribution in [3.63, 3.8) is 0 Å². The highest BCUT2D eigenvalue weighted by Crippen LogP contribution is 2.32. The van der Waals surface area contributed by atoms with Crippen LogP contribution >= 0.6 is 0 Å². The van der Waals surface area contributed by atoms with Crippen molar-refractivity contribution in [2.75, 3.05) is 0 Å². The Labute approximate surface area is 337 Å². The van der Waals surface area contributed by atoms with E-state index in [1.807, 2.05) is 12.4 Å². The Hall–Kier alpha value is -5.61. The normalized spacial score (nSPS) is 11.6. The molecule has 0 aliphatic carbocycles. The molecule has 4 aromatic heterocycles. The average molecular weight is 705 g/mol. The lowest BCUT2D eigenvalue weighted by atomic mass is 9.60. The molecule has 9 aromatic rings. The highest BCUT2D eigenvalue weighted by Gasteiger charge is 2.18. The molecular weight excluding hydrogens is 669 g/mol. The predicted octanol–water partition coefficient (Wildman–Crippen LogP) is -6.87. The van der Waals surface area contributed by atoms with Gasteiger partial charge in [0.1, 0.15) is 78.5 Å². The molecule has 0 radical (unpaired) electrons. The van der Waals surface area contributed by atoms with E-state index in [2.05, 4.69) is 163 Å². The smallest absolute Gasteiger partial charge is 0.139 e. The van der Waals surface area contributed by atoms with E-state index < -0.39 is 0 Å². The molecule has 0 saturated heterocycles. The first-order valence-corrected chi connectivity index (χ1v) is 19.6. The van der Waals surface area contributed by atoms with E-state index in [0.29, 0.717) is 0 Å². The summed E-state index contributed by atoms with van der Waals surface area (Å²) in [5.41, 5.74) is 25.7. The Balaban J connectivity index is 1.09. The summed E-state index contributed by atoms with van der Waals surface area (Å²) < 4.78 is 0. The lowest BCUT2D eigenvalue weighted by Gasteiger charge is -2.20. The van der Waals surface area contributed by atoms with Crippen molar-refractivity contribution in [3.8, 4) is 44.8 Å². The molecular formula is C42H36B10N4. The topological polar surface area (TPSA) is 51.6 Å². The van der Waals surface area contributed by atoms with E-state index in [4.69, 9.17) is 19.9 Å². The molecule has 0 atom stereocenters. The summed E-state index contributed by atoms with van der Waals surface area (Å²) in [4.78, 5) is 20.7. The van der Waals surface area contributed by atoms with Crippen LogP contribution < -0.4 is 54.6 Å². The minimum Gasteiger partial charge on any atom is -0.253 e. The Bertz CT molecular complexity index is 2900. The van der Waals surface area contributed by atoms with Gasteiger partial charge in [-0.05, 0) is 52.6 Å². The van der Waals surface area contributed by atoms with Gasteiger partial charge in [-0.3, -0.25) is 9.97 Å². The lowest BCUT2D eigenvalue weighted by Crippen LogP contribution is -2.55. The molecule has 9 rings (SSSR count). The summed E-state index contributed by atoms with van der Waals surface area (Å²) in [5, 5.41) is 4.32. The highest BCUT2D eigenvalue weighted by molar-refractivity contribution is 6.69. The van der Waals surface area contributed by atoms with Crippen molar-refractivity contribution in [3.05, 3.63) is 97.3 Å². The second-order valence-corrected chi connectivity index (χ2v) is 15.8. The van der Waals surface area contributed by atoms with Crippen LogP contribution in [0.1, 0.15) is 0 Å². The van der Waals surface area contributed by atoms with Crippen LogP contribution in [-0.4, -0.2) is 98.4 Å². The first-order chi connectivity index (χ1) is 26.9. The summed E-state index contributed by atoms with van der Waals surface area (Å²) in [6, 6.07) is 30.5. The van der Waals surface area contributed by atoms with Crippen LogP contribution in [0, 0.1) is 0 Å². The monoisotopic (exact) mass is 706 g/mol. The maximum absolute atomic E-state index is 5.27. The predicted molar refractivity (Wildman–Crippen MR) is 271 cm³/mol. The molecule has 4 nitrogen and oxygen atoms in total. The van der Waals surface area contributed by atoms with Crippen LogP contribution in [0.2, 0.25) is 0 Å². The zero-order valence-electron chi connectivity index (χ0n) is 34.0. The Morgan fingerprint density at radius 3 is 1.04 bits per heavy atom. The molecule has 254 valence electrons. The maximum Gasteiger partial charge on any atom is 0.139 e. The summed E-state index contributed by atoms with van der Waals surface area (Å²) in [7, 11) is 22.2. The van der Waals surface area contributed by atoms with Gasteiger partial charge in [-0.2, -0.15) is 0 Å². The fraction of sp³-hybridized carbons (Fsp3) is 0. The van der Waals surface area contributed by atoms with Gasteiger partial charge in [-0.15, -0.1) is 32.8 Å². The Morgan fingerprint density at radius 2 is 0.643 bits per heavy atom. The fourth-order valence-corrected chi connectivity index (χ4v) is 8.80. The minimum atomic E-state index is 0.917. The van der Waals surface area contributed by atoms with Crippen molar-refractivity contribution in [1.29, 1.82) is 0 Å². The summed E-state index contributed by atoms with van der Waals surface area (Å²) in [5.74, 6) is 0. The number of fused-ring (bicyclic) bond motifs is 6. The highest BCUT2D eigenvalue weighted by atomic mass is 14.8. The quantitative estimate of drug-likeness (QED) is 0.135.